The van der Waals surface area contributed by atoms with Crippen molar-refractivity contribution in [1.29, 1.82) is 0 Å². The first-order chi connectivity index (χ1) is 6.59. The van der Waals surface area contributed by atoms with Gasteiger partial charge in [-0.25, -0.2) is 19.3 Å². The lowest BCUT2D eigenvalue weighted by Crippen LogP contribution is -2.11. The summed E-state index contributed by atoms with van der Waals surface area (Å²) in [5, 5.41) is 6.18. The summed E-state index contributed by atoms with van der Waals surface area (Å²) in [4.78, 5) is 15.5. The van der Waals surface area contributed by atoms with E-state index in [0.29, 0.717) is 11.7 Å². The van der Waals surface area contributed by atoms with Crippen LogP contribution in [0.4, 0.5) is 0 Å². The molecule has 5 nitrogen and oxygen atoms in total. The Bertz CT molecular complexity index is 523. The lowest BCUT2D eigenvalue weighted by atomic mass is 10.1. The molecule has 0 aliphatic rings. The number of rotatable bonds is 1. The molecule has 14 heavy (non-hydrogen) atoms. The zero-order chi connectivity index (χ0) is 10.3. The predicted octanol–water partition coefficient (Wildman–Crippen LogP) is 0.849. The minimum absolute atomic E-state index is 0.245. The van der Waals surface area contributed by atoms with E-state index in [2.05, 4.69) is 29.0 Å². The van der Waals surface area contributed by atoms with Crippen molar-refractivity contribution >= 4 is 5.78 Å². The zero-order valence-electron chi connectivity index (χ0n) is 8.40. The van der Waals surface area contributed by atoms with E-state index < -0.39 is 0 Å². The molecule has 0 unspecified atom stereocenters. The van der Waals surface area contributed by atoms with Crippen LogP contribution in [0.1, 0.15) is 31.0 Å². The molecule has 0 fully saturated rings. The maximum Gasteiger partial charge on any atom is 0.348 e. The molecule has 74 valence electrons. The number of H-pyrrole nitrogens is 1. The van der Waals surface area contributed by atoms with Crippen molar-refractivity contribution in [3.8, 4) is 0 Å². The van der Waals surface area contributed by atoms with Crippen LogP contribution >= 0.6 is 0 Å². The van der Waals surface area contributed by atoms with E-state index in [4.69, 9.17) is 0 Å². The van der Waals surface area contributed by atoms with Crippen LogP contribution in [0, 0.1) is 6.92 Å². The van der Waals surface area contributed by atoms with Crippen LogP contribution in [0.25, 0.3) is 5.78 Å². The molecule has 0 atom stereocenters. The van der Waals surface area contributed by atoms with Crippen LogP contribution < -0.4 is 5.69 Å². The van der Waals surface area contributed by atoms with Gasteiger partial charge in [0.15, 0.2) is 0 Å². The van der Waals surface area contributed by atoms with E-state index >= 15 is 0 Å². The number of aryl methyl sites for hydroxylation is 1. The van der Waals surface area contributed by atoms with E-state index in [1.165, 1.54) is 4.40 Å². The van der Waals surface area contributed by atoms with Gasteiger partial charge in [0, 0.05) is 6.20 Å². The number of fused-ring (bicyclic) bond motifs is 1. The second-order valence-corrected chi connectivity index (χ2v) is 3.66. The van der Waals surface area contributed by atoms with E-state index in [-0.39, 0.29) is 5.69 Å². The molecule has 5 heteroatoms. The van der Waals surface area contributed by atoms with Crippen molar-refractivity contribution < 1.29 is 0 Å². The summed E-state index contributed by atoms with van der Waals surface area (Å²) in [5.74, 6) is 0.774. The fourth-order valence-electron chi connectivity index (χ4n) is 1.53. The number of hydrogen-bond acceptors (Lipinski definition) is 3. The molecule has 0 saturated heterocycles. The highest BCUT2D eigenvalue weighted by Crippen LogP contribution is 2.15. The van der Waals surface area contributed by atoms with Crippen LogP contribution in [0.15, 0.2) is 11.0 Å². The average molecular weight is 192 g/mol. The lowest BCUT2D eigenvalue weighted by molar-refractivity contribution is 0.802. The number of aromatic amines is 1. The number of nitrogens with one attached hydrogen (secondary N) is 1. The topological polar surface area (TPSA) is 63.0 Å². The fourth-order valence-corrected chi connectivity index (χ4v) is 1.53. The normalized spacial score (nSPS) is 11.4. The summed E-state index contributed by atoms with van der Waals surface area (Å²) in [5.41, 5.74) is 1.75. The van der Waals surface area contributed by atoms with Gasteiger partial charge in [-0.15, -0.1) is 5.10 Å². The molecular weight excluding hydrogens is 180 g/mol. The number of aromatic nitrogens is 4. The molecule has 0 saturated carbocycles. The predicted molar refractivity (Wildman–Crippen MR) is 52.4 cm³/mol. The molecule has 0 radical (unpaired) electrons. The Morgan fingerprint density at radius 2 is 2.21 bits per heavy atom. The third-order valence-corrected chi connectivity index (χ3v) is 2.18. The molecule has 0 bridgehead atoms. The Morgan fingerprint density at radius 3 is 2.86 bits per heavy atom. The standard InChI is InChI=1S/C9H12N4O/c1-5(2)7-6(3)4-13-8(10-7)11-12-9(13)14/h4-5H,1-3H3,(H,12,14). The van der Waals surface area contributed by atoms with E-state index in [1.807, 2.05) is 6.92 Å². The molecule has 1 N–H and O–H groups in total. The molecule has 0 aromatic carbocycles. The molecule has 0 aliphatic carbocycles. The summed E-state index contributed by atoms with van der Waals surface area (Å²) >= 11 is 0. The molecule has 0 amide bonds. The smallest absolute Gasteiger partial charge is 0.246 e. The first-order valence-corrected chi connectivity index (χ1v) is 4.54. The molecular formula is C9H12N4O. The summed E-state index contributed by atoms with van der Waals surface area (Å²) in [6.45, 7) is 6.08. The second kappa shape index (κ2) is 2.94. The summed E-state index contributed by atoms with van der Waals surface area (Å²) in [6, 6.07) is 0. The summed E-state index contributed by atoms with van der Waals surface area (Å²) in [6.07, 6.45) is 1.77. The maximum absolute atomic E-state index is 11.2. The highest BCUT2D eigenvalue weighted by atomic mass is 16.1. The van der Waals surface area contributed by atoms with Crippen LogP contribution in [0.2, 0.25) is 0 Å². The monoisotopic (exact) mass is 192 g/mol. The molecule has 0 spiro atoms. The highest BCUT2D eigenvalue weighted by molar-refractivity contribution is 5.32. The van der Waals surface area contributed by atoms with Crippen molar-refractivity contribution in [2.24, 2.45) is 0 Å². The van der Waals surface area contributed by atoms with Crippen molar-refractivity contribution in [3.05, 3.63) is 27.9 Å². The van der Waals surface area contributed by atoms with Gasteiger partial charge >= 0.3 is 5.69 Å². The quantitative estimate of drug-likeness (QED) is 0.728. The third kappa shape index (κ3) is 1.21. The molecule has 2 aromatic rings. The van der Waals surface area contributed by atoms with Gasteiger partial charge in [-0.05, 0) is 18.4 Å². The molecule has 2 rings (SSSR count). The van der Waals surface area contributed by atoms with Gasteiger partial charge in [0.25, 0.3) is 5.78 Å². The van der Waals surface area contributed by atoms with Crippen LogP contribution in [-0.2, 0) is 0 Å². The van der Waals surface area contributed by atoms with Crippen LogP contribution in [0.5, 0.6) is 0 Å². The molecule has 2 heterocycles. The maximum atomic E-state index is 11.2. The average Bonchev–Trinajstić information content (AvgIpc) is 2.46. The van der Waals surface area contributed by atoms with Gasteiger partial charge in [-0.1, -0.05) is 13.8 Å². The van der Waals surface area contributed by atoms with Crippen molar-refractivity contribution in [3.63, 3.8) is 0 Å². The van der Waals surface area contributed by atoms with Gasteiger partial charge in [0.05, 0.1) is 5.69 Å². The van der Waals surface area contributed by atoms with Crippen LogP contribution in [-0.4, -0.2) is 19.6 Å². The minimum Gasteiger partial charge on any atom is -0.246 e. The van der Waals surface area contributed by atoms with Gasteiger partial charge in [0.2, 0.25) is 0 Å². The minimum atomic E-state index is -0.245. The Balaban J connectivity index is 2.79. The third-order valence-electron chi connectivity index (χ3n) is 2.18. The largest absolute Gasteiger partial charge is 0.348 e. The SMILES string of the molecule is Cc1cn2c(=O)[nH]nc2nc1C(C)C. The van der Waals surface area contributed by atoms with Gasteiger partial charge < -0.3 is 0 Å². The van der Waals surface area contributed by atoms with E-state index in [9.17, 15) is 4.79 Å². The Labute approximate surface area is 80.8 Å². The molecule has 2 aromatic heterocycles. The summed E-state index contributed by atoms with van der Waals surface area (Å²) < 4.78 is 1.42. The second-order valence-electron chi connectivity index (χ2n) is 3.66. The van der Waals surface area contributed by atoms with Crippen molar-refractivity contribution in [2.45, 2.75) is 26.7 Å². The summed E-state index contributed by atoms with van der Waals surface area (Å²) in [7, 11) is 0. The van der Waals surface area contributed by atoms with E-state index in [0.717, 1.165) is 11.3 Å². The zero-order valence-corrected chi connectivity index (χ0v) is 8.40. The first-order valence-electron chi connectivity index (χ1n) is 4.54. The fraction of sp³-hybridized carbons (Fsp3) is 0.444. The Hall–Kier alpha value is -1.65. The highest BCUT2D eigenvalue weighted by Gasteiger charge is 2.09. The first kappa shape index (κ1) is 8.93. The molecule has 0 aliphatic heterocycles. The van der Waals surface area contributed by atoms with Crippen LogP contribution in [0.3, 0.4) is 0 Å². The Kier molecular flexibility index (Phi) is 1.87. The van der Waals surface area contributed by atoms with Gasteiger partial charge in [-0.2, -0.15) is 0 Å². The Morgan fingerprint density at radius 1 is 1.50 bits per heavy atom. The van der Waals surface area contributed by atoms with Gasteiger partial charge in [-0.3, -0.25) is 0 Å². The van der Waals surface area contributed by atoms with E-state index in [1.54, 1.807) is 6.20 Å². The number of nitrogens with zero attached hydrogens (tertiary/aromatic N) is 3. The van der Waals surface area contributed by atoms with Crippen molar-refractivity contribution in [1.82, 2.24) is 19.6 Å². The van der Waals surface area contributed by atoms with Gasteiger partial charge in [0.1, 0.15) is 0 Å². The number of hydrogen-bond donors (Lipinski definition) is 1. The lowest BCUT2D eigenvalue weighted by Gasteiger charge is -2.07. The van der Waals surface area contributed by atoms with Crippen molar-refractivity contribution in [2.75, 3.05) is 0 Å².